The van der Waals surface area contributed by atoms with Gasteiger partial charge in [0.1, 0.15) is 0 Å². The number of hydrogen-bond donors (Lipinski definition) is 1. The second-order valence-electron chi connectivity index (χ2n) is 6.28. The van der Waals surface area contributed by atoms with Crippen molar-refractivity contribution in [2.24, 2.45) is 0 Å². The fourth-order valence-corrected chi connectivity index (χ4v) is 2.82. The Morgan fingerprint density at radius 1 is 0.962 bits per heavy atom. The number of rotatable bonds is 10. The Hall–Kier alpha value is -2.69. The molecule has 1 unspecified atom stereocenters. The van der Waals surface area contributed by atoms with E-state index in [4.69, 9.17) is 0 Å². The third kappa shape index (κ3) is 5.41. The Bertz CT molecular complexity index is 768. The minimum absolute atomic E-state index is 0.375. The highest BCUT2D eigenvalue weighted by atomic mass is 16.2. The average molecular weight is 354 g/mol. The number of carbonyl (C=O) groups excluding carboxylic acids is 2. The summed E-state index contributed by atoms with van der Waals surface area (Å²) in [5.74, 6) is -0.829. The Morgan fingerprint density at radius 2 is 1.65 bits per heavy atom. The van der Waals surface area contributed by atoms with Crippen molar-refractivity contribution in [3.05, 3.63) is 70.6 Å². The van der Waals surface area contributed by atoms with Crippen LogP contribution in [0.3, 0.4) is 0 Å². The van der Waals surface area contributed by atoms with Crippen molar-refractivity contribution in [2.45, 2.75) is 45.1 Å². The number of Topliss-reactive ketones (excluding diaryl/α,β-unsaturated/α-hetero) is 1. The van der Waals surface area contributed by atoms with Crippen LogP contribution >= 0.6 is 0 Å². The van der Waals surface area contributed by atoms with E-state index in [-0.39, 0.29) is 11.3 Å². The van der Waals surface area contributed by atoms with E-state index in [1.165, 1.54) is 23.3 Å². The summed E-state index contributed by atoms with van der Waals surface area (Å²) in [5, 5.41) is 2.82. The first-order valence-electron chi connectivity index (χ1n) is 9.19. The molecule has 1 aromatic carbocycles. The fourth-order valence-electron chi connectivity index (χ4n) is 2.82. The molecule has 1 N–H and O–H groups in total. The summed E-state index contributed by atoms with van der Waals surface area (Å²) in [6, 6.07) is 12.0. The number of unbranched alkanes of at least 4 members (excludes halogenated alkanes) is 4. The molecular formula is C21H26N2O3. The largest absolute Gasteiger partial charge is 0.354 e. The molecule has 0 aliphatic rings. The molecule has 0 aliphatic carbocycles. The fraction of sp³-hybridized carbons (Fsp3) is 0.381. The van der Waals surface area contributed by atoms with Crippen LogP contribution in [0.2, 0.25) is 0 Å². The molecular weight excluding hydrogens is 328 g/mol. The Morgan fingerprint density at radius 3 is 2.35 bits per heavy atom. The topological polar surface area (TPSA) is 68.2 Å². The molecule has 1 amide bonds. The van der Waals surface area contributed by atoms with Crippen LogP contribution in [-0.2, 0) is 4.79 Å². The molecule has 138 valence electrons. The third-order valence-corrected chi connectivity index (χ3v) is 4.26. The zero-order chi connectivity index (χ0) is 18.8. The van der Waals surface area contributed by atoms with Crippen LogP contribution in [0.25, 0.3) is 0 Å². The first-order valence-corrected chi connectivity index (χ1v) is 9.19. The normalized spacial score (nSPS) is 11.7. The van der Waals surface area contributed by atoms with E-state index >= 15 is 0 Å². The summed E-state index contributed by atoms with van der Waals surface area (Å²) in [7, 11) is 0. The van der Waals surface area contributed by atoms with E-state index in [0.717, 1.165) is 25.7 Å². The highest BCUT2D eigenvalue weighted by molar-refractivity contribution is 6.11. The van der Waals surface area contributed by atoms with Gasteiger partial charge in [-0.2, -0.15) is 0 Å². The van der Waals surface area contributed by atoms with Crippen LogP contribution in [0.15, 0.2) is 59.5 Å². The monoisotopic (exact) mass is 354 g/mol. The summed E-state index contributed by atoms with van der Waals surface area (Å²) in [4.78, 5) is 37.8. The van der Waals surface area contributed by atoms with Crippen LogP contribution in [-0.4, -0.2) is 22.8 Å². The molecule has 2 aromatic rings. The van der Waals surface area contributed by atoms with Crippen molar-refractivity contribution in [3.8, 4) is 0 Å². The van der Waals surface area contributed by atoms with E-state index in [9.17, 15) is 14.4 Å². The number of nitrogens with one attached hydrogen (secondary N) is 1. The molecule has 2 rings (SSSR count). The Kier molecular flexibility index (Phi) is 7.80. The lowest BCUT2D eigenvalue weighted by molar-refractivity contribution is -0.123. The number of benzene rings is 1. The maximum atomic E-state index is 12.9. The molecule has 5 nitrogen and oxygen atoms in total. The lowest BCUT2D eigenvalue weighted by Gasteiger charge is -2.18. The van der Waals surface area contributed by atoms with Gasteiger partial charge in [0.2, 0.25) is 0 Å². The Balaban J connectivity index is 2.14. The van der Waals surface area contributed by atoms with E-state index in [0.29, 0.717) is 12.1 Å². The standard InChI is InChI=1S/C21H26N2O3/c1-2-3-4-5-10-15-22-21(26)19(23-16-11-9-14-18(23)24)20(25)17-12-7-6-8-13-17/h6-9,11-14,16,19H,2-5,10,15H2,1H3,(H,22,26). The lowest BCUT2D eigenvalue weighted by atomic mass is 10.0. The number of carbonyl (C=O) groups is 2. The molecule has 0 bridgehead atoms. The van der Waals surface area contributed by atoms with Gasteiger partial charge in [0.05, 0.1) is 0 Å². The van der Waals surface area contributed by atoms with Gasteiger partial charge in [0.15, 0.2) is 11.8 Å². The lowest BCUT2D eigenvalue weighted by Crippen LogP contribution is -2.41. The molecule has 0 saturated carbocycles. The predicted molar refractivity (Wildman–Crippen MR) is 102 cm³/mol. The quantitative estimate of drug-likeness (QED) is 0.404. The van der Waals surface area contributed by atoms with Gasteiger partial charge in [-0.15, -0.1) is 0 Å². The zero-order valence-corrected chi connectivity index (χ0v) is 15.2. The molecule has 1 heterocycles. The van der Waals surface area contributed by atoms with Crippen LogP contribution in [0.5, 0.6) is 0 Å². The maximum Gasteiger partial charge on any atom is 0.251 e. The maximum absolute atomic E-state index is 12.9. The summed E-state index contributed by atoms with van der Waals surface area (Å²) >= 11 is 0. The van der Waals surface area contributed by atoms with Gasteiger partial charge in [0.25, 0.3) is 11.5 Å². The third-order valence-electron chi connectivity index (χ3n) is 4.26. The molecule has 0 spiro atoms. The predicted octanol–water partition coefficient (Wildman–Crippen LogP) is 3.36. The minimum Gasteiger partial charge on any atom is -0.354 e. The summed E-state index contributed by atoms with van der Waals surface area (Å²) in [6.45, 7) is 2.65. The van der Waals surface area contributed by atoms with Gasteiger partial charge in [-0.1, -0.05) is 69.0 Å². The number of aromatic nitrogens is 1. The zero-order valence-electron chi connectivity index (χ0n) is 15.2. The van der Waals surface area contributed by atoms with Gasteiger partial charge < -0.3 is 5.32 Å². The highest BCUT2D eigenvalue weighted by Gasteiger charge is 2.29. The minimum atomic E-state index is -1.19. The van der Waals surface area contributed by atoms with Crippen molar-refractivity contribution >= 4 is 11.7 Å². The van der Waals surface area contributed by atoms with Crippen molar-refractivity contribution in [3.63, 3.8) is 0 Å². The van der Waals surface area contributed by atoms with E-state index in [2.05, 4.69) is 12.2 Å². The van der Waals surface area contributed by atoms with Gasteiger partial charge in [0, 0.05) is 24.4 Å². The number of amides is 1. The molecule has 1 aromatic heterocycles. The van der Waals surface area contributed by atoms with E-state index < -0.39 is 11.9 Å². The molecule has 0 saturated heterocycles. The van der Waals surface area contributed by atoms with Crippen LogP contribution in [0.1, 0.15) is 55.4 Å². The van der Waals surface area contributed by atoms with E-state index in [1.54, 1.807) is 42.5 Å². The molecule has 26 heavy (non-hydrogen) atoms. The number of nitrogens with zero attached hydrogens (tertiary/aromatic N) is 1. The van der Waals surface area contributed by atoms with Crippen LogP contribution < -0.4 is 10.9 Å². The first kappa shape index (κ1) is 19.6. The summed E-state index contributed by atoms with van der Waals surface area (Å²) in [6.07, 6.45) is 6.86. The highest BCUT2D eigenvalue weighted by Crippen LogP contribution is 2.14. The molecule has 0 fully saturated rings. The van der Waals surface area contributed by atoms with Gasteiger partial charge in [-0.25, -0.2) is 0 Å². The number of ketones is 1. The molecule has 5 heteroatoms. The molecule has 0 aliphatic heterocycles. The average Bonchev–Trinajstić information content (AvgIpc) is 2.67. The molecule has 0 radical (unpaired) electrons. The van der Waals surface area contributed by atoms with Crippen molar-refractivity contribution in [1.29, 1.82) is 0 Å². The second-order valence-corrected chi connectivity index (χ2v) is 6.28. The number of hydrogen-bond acceptors (Lipinski definition) is 3. The van der Waals surface area contributed by atoms with Crippen LogP contribution in [0.4, 0.5) is 0 Å². The van der Waals surface area contributed by atoms with Gasteiger partial charge in [-0.05, 0) is 12.5 Å². The smallest absolute Gasteiger partial charge is 0.251 e. The van der Waals surface area contributed by atoms with E-state index in [1.807, 2.05) is 0 Å². The second kappa shape index (κ2) is 10.3. The summed E-state index contributed by atoms with van der Waals surface area (Å²) in [5.41, 5.74) is 0.0335. The van der Waals surface area contributed by atoms with Crippen molar-refractivity contribution in [2.75, 3.05) is 6.54 Å². The van der Waals surface area contributed by atoms with Crippen LogP contribution in [0, 0.1) is 0 Å². The SMILES string of the molecule is CCCCCCCNC(=O)C(C(=O)c1ccccc1)n1ccccc1=O. The number of pyridine rings is 1. The molecule has 1 atom stereocenters. The van der Waals surface area contributed by atoms with Crippen molar-refractivity contribution < 1.29 is 9.59 Å². The van der Waals surface area contributed by atoms with Gasteiger partial charge in [-0.3, -0.25) is 19.0 Å². The Labute approximate surface area is 154 Å². The van der Waals surface area contributed by atoms with Gasteiger partial charge >= 0.3 is 0 Å². The first-order chi connectivity index (χ1) is 12.6. The van der Waals surface area contributed by atoms with Crippen molar-refractivity contribution in [1.82, 2.24) is 9.88 Å². The summed E-state index contributed by atoms with van der Waals surface area (Å²) < 4.78 is 1.20.